The third kappa shape index (κ3) is 2.55. The number of nitrogens with zero attached hydrogens (tertiary/aromatic N) is 1. The number of fused-ring (bicyclic) bond motifs is 1. The molecule has 0 radical (unpaired) electrons. The van der Waals surface area contributed by atoms with Gasteiger partial charge < -0.3 is 11.1 Å². The number of aliphatic imine (C=N–C) groups is 1. The largest absolute Gasteiger partial charge is 0.370 e. The van der Waals surface area contributed by atoms with Crippen LogP contribution < -0.4 is 11.1 Å². The molecule has 0 amide bonds. The summed E-state index contributed by atoms with van der Waals surface area (Å²) in [7, 11) is 0. The van der Waals surface area contributed by atoms with Crippen LogP contribution in [-0.4, -0.2) is 12.5 Å². The van der Waals surface area contributed by atoms with Gasteiger partial charge in [0.1, 0.15) is 0 Å². The first kappa shape index (κ1) is 11.5. The number of hydrogen-bond donors (Lipinski definition) is 2. The second-order valence-electron chi connectivity index (χ2n) is 4.16. The molecule has 3 N–H and O–H groups in total. The van der Waals surface area contributed by atoms with Crippen LogP contribution in [0.25, 0.3) is 0 Å². The highest BCUT2D eigenvalue weighted by molar-refractivity contribution is 7.10. The predicted octanol–water partition coefficient (Wildman–Crippen LogP) is 2.44. The quantitative estimate of drug-likeness (QED) is 0.626. The molecule has 2 rings (SSSR count). The van der Waals surface area contributed by atoms with Crippen LogP contribution in [0, 0.1) is 0 Å². The lowest BCUT2D eigenvalue weighted by atomic mass is 9.94. The van der Waals surface area contributed by atoms with E-state index in [2.05, 4.69) is 28.7 Å². The maximum Gasteiger partial charge on any atom is 0.189 e. The van der Waals surface area contributed by atoms with E-state index in [0.29, 0.717) is 12.0 Å². The Morgan fingerprint density at radius 3 is 3.38 bits per heavy atom. The lowest BCUT2D eigenvalue weighted by Crippen LogP contribution is -2.36. The molecule has 3 nitrogen and oxygen atoms in total. The van der Waals surface area contributed by atoms with Crippen LogP contribution in [0.1, 0.15) is 42.7 Å². The monoisotopic (exact) mass is 237 g/mol. The van der Waals surface area contributed by atoms with E-state index in [1.54, 1.807) is 0 Å². The molecule has 0 saturated heterocycles. The number of rotatable bonds is 3. The second-order valence-corrected chi connectivity index (χ2v) is 5.16. The number of nitrogens with one attached hydrogen (secondary N) is 1. The van der Waals surface area contributed by atoms with Gasteiger partial charge in [0.15, 0.2) is 5.96 Å². The molecule has 1 aromatic rings. The van der Waals surface area contributed by atoms with Crippen molar-refractivity contribution in [2.45, 2.75) is 38.6 Å². The van der Waals surface area contributed by atoms with E-state index >= 15 is 0 Å². The average molecular weight is 237 g/mol. The number of guanidine groups is 1. The summed E-state index contributed by atoms with van der Waals surface area (Å²) in [6.07, 6.45) is 4.66. The minimum Gasteiger partial charge on any atom is -0.370 e. The molecule has 1 aromatic heterocycles. The summed E-state index contributed by atoms with van der Waals surface area (Å²) in [6.45, 7) is 2.91. The van der Waals surface area contributed by atoms with Crippen LogP contribution in [0.15, 0.2) is 16.4 Å². The van der Waals surface area contributed by atoms with Gasteiger partial charge in [-0.2, -0.15) is 0 Å². The zero-order chi connectivity index (χ0) is 11.4. The van der Waals surface area contributed by atoms with Gasteiger partial charge in [0.25, 0.3) is 0 Å². The van der Waals surface area contributed by atoms with Crippen molar-refractivity contribution in [2.75, 3.05) is 6.54 Å². The third-order valence-electron chi connectivity index (χ3n) is 2.88. The molecule has 1 atom stereocenters. The normalized spacial score (nSPS) is 20.6. The van der Waals surface area contributed by atoms with E-state index < -0.39 is 0 Å². The first-order valence-corrected chi connectivity index (χ1v) is 6.82. The number of hydrogen-bond acceptors (Lipinski definition) is 2. The van der Waals surface area contributed by atoms with Crippen LogP contribution in [0.4, 0.5) is 0 Å². The molecule has 88 valence electrons. The molecule has 0 saturated carbocycles. The molecule has 0 aromatic carbocycles. The maximum absolute atomic E-state index is 5.86. The number of thiophene rings is 1. The van der Waals surface area contributed by atoms with E-state index in [0.717, 1.165) is 19.4 Å². The van der Waals surface area contributed by atoms with Gasteiger partial charge in [-0.3, -0.25) is 4.99 Å². The molecular weight excluding hydrogens is 218 g/mol. The molecule has 0 fully saturated rings. The predicted molar refractivity (Wildman–Crippen MR) is 69.9 cm³/mol. The Kier molecular flexibility index (Phi) is 3.83. The number of aryl methyl sites for hydroxylation is 1. The molecular formula is C12H19N3S. The van der Waals surface area contributed by atoms with Crippen LogP contribution in [0.5, 0.6) is 0 Å². The van der Waals surface area contributed by atoms with Crippen LogP contribution in [-0.2, 0) is 6.42 Å². The Hall–Kier alpha value is -1.03. The van der Waals surface area contributed by atoms with E-state index in [1.807, 2.05) is 11.3 Å². The topological polar surface area (TPSA) is 50.4 Å². The van der Waals surface area contributed by atoms with E-state index in [-0.39, 0.29) is 0 Å². The Balaban J connectivity index is 2.02. The molecule has 4 heteroatoms. The highest BCUT2D eigenvalue weighted by Crippen LogP contribution is 2.32. The molecule has 1 aliphatic carbocycles. The van der Waals surface area contributed by atoms with Crippen molar-refractivity contribution in [2.24, 2.45) is 10.7 Å². The molecule has 1 aliphatic rings. The summed E-state index contributed by atoms with van der Waals surface area (Å²) in [5.74, 6) is 0.589. The average Bonchev–Trinajstić information content (AvgIpc) is 2.75. The first-order chi connectivity index (χ1) is 7.81. The van der Waals surface area contributed by atoms with E-state index in [9.17, 15) is 0 Å². The summed E-state index contributed by atoms with van der Waals surface area (Å²) in [5.41, 5.74) is 7.28. The lowest BCUT2D eigenvalue weighted by molar-refractivity contribution is 0.530. The maximum atomic E-state index is 5.86. The van der Waals surface area contributed by atoms with Crippen molar-refractivity contribution in [1.82, 2.24) is 5.32 Å². The smallest absolute Gasteiger partial charge is 0.189 e. The summed E-state index contributed by atoms with van der Waals surface area (Å²) in [6, 6.07) is 2.58. The van der Waals surface area contributed by atoms with Crippen LogP contribution in [0.2, 0.25) is 0 Å². The summed E-state index contributed by atoms with van der Waals surface area (Å²) in [4.78, 5) is 5.79. The van der Waals surface area contributed by atoms with Gasteiger partial charge >= 0.3 is 0 Å². The first-order valence-electron chi connectivity index (χ1n) is 5.94. The van der Waals surface area contributed by atoms with Gasteiger partial charge in [0, 0.05) is 11.4 Å². The Morgan fingerprint density at radius 2 is 2.56 bits per heavy atom. The Bertz CT molecular complexity index is 370. The number of nitrogens with two attached hydrogens (primary N) is 1. The van der Waals surface area contributed by atoms with Gasteiger partial charge in [-0.25, -0.2) is 0 Å². The van der Waals surface area contributed by atoms with E-state index in [4.69, 9.17) is 5.73 Å². The molecule has 0 aliphatic heterocycles. The molecule has 16 heavy (non-hydrogen) atoms. The zero-order valence-electron chi connectivity index (χ0n) is 9.70. The van der Waals surface area contributed by atoms with Crippen molar-refractivity contribution >= 4 is 17.3 Å². The second kappa shape index (κ2) is 5.34. The molecule has 1 unspecified atom stereocenters. The summed E-state index contributed by atoms with van der Waals surface area (Å²) >= 11 is 1.85. The van der Waals surface area contributed by atoms with Gasteiger partial charge in [0.2, 0.25) is 0 Å². The standard InChI is InChI=1S/C12H19N3S/c1-2-7-14-12(13)15-10-4-3-5-11-9(10)6-8-16-11/h6,8,10H,2-5,7H2,1H3,(H3,13,14,15). The summed E-state index contributed by atoms with van der Waals surface area (Å²) in [5, 5.41) is 5.50. The van der Waals surface area contributed by atoms with Gasteiger partial charge in [-0.05, 0) is 42.7 Å². The SMILES string of the molecule is CCCN=C(N)NC1CCCc2sccc21. The van der Waals surface area contributed by atoms with Crippen LogP contribution in [0.3, 0.4) is 0 Å². The van der Waals surface area contributed by atoms with E-state index in [1.165, 1.54) is 23.3 Å². The van der Waals surface area contributed by atoms with Crippen LogP contribution >= 0.6 is 11.3 Å². The third-order valence-corrected chi connectivity index (χ3v) is 3.88. The van der Waals surface area contributed by atoms with Crippen molar-refractivity contribution < 1.29 is 0 Å². The fourth-order valence-corrected chi connectivity index (χ4v) is 3.08. The van der Waals surface area contributed by atoms with Crippen molar-refractivity contribution in [1.29, 1.82) is 0 Å². The Labute approximate surface area is 101 Å². The van der Waals surface area contributed by atoms with Crippen molar-refractivity contribution in [3.63, 3.8) is 0 Å². The Morgan fingerprint density at radius 1 is 1.69 bits per heavy atom. The molecule has 1 heterocycles. The minimum atomic E-state index is 0.371. The van der Waals surface area contributed by atoms with Gasteiger partial charge in [-0.15, -0.1) is 11.3 Å². The fourth-order valence-electron chi connectivity index (χ4n) is 2.09. The highest BCUT2D eigenvalue weighted by atomic mass is 32.1. The van der Waals surface area contributed by atoms with Crippen molar-refractivity contribution in [3.8, 4) is 0 Å². The fraction of sp³-hybridized carbons (Fsp3) is 0.583. The van der Waals surface area contributed by atoms with Gasteiger partial charge in [0.05, 0.1) is 6.04 Å². The van der Waals surface area contributed by atoms with Gasteiger partial charge in [-0.1, -0.05) is 6.92 Å². The highest BCUT2D eigenvalue weighted by Gasteiger charge is 2.21. The lowest BCUT2D eigenvalue weighted by Gasteiger charge is -2.24. The zero-order valence-corrected chi connectivity index (χ0v) is 10.5. The minimum absolute atomic E-state index is 0.371. The summed E-state index contributed by atoms with van der Waals surface area (Å²) < 4.78 is 0. The molecule has 0 bridgehead atoms. The van der Waals surface area contributed by atoms with Crippen molar-refractivity contribution in [3.05, 3.63) is 21.9 Å². The molecule has 0 spiro atoms.